The Kier molecular flexibility index (Phi) is 38.6. The highest BCUT2D eigenvalue weighted by molar-refractivity contribution is 5.34. The van der Waals surface area contributed by atoms with Gasteiger partial charge in [0.2, 0.25) is 34.9 Å². The fourth-order valence-electron chi connectivity index (χ4n) is 6.76. The molecule has 0 spiro atoms. The largest absolute Gasteiger partial charge is 0.490 e. The number of halogens is 12. The van der Waals surface area contributed by atoms with Crippen LogP contribution in [0, 0.1) is 111 Å². The molecule has 0 bridgehead atoms. The molecule has 6 aromatic rings. The van der Waals surface area contributed by atoms with Crippen molar-refractivity contribution in [3.05, 3.63) is 176 Å². The molecule has 0 amide bonds. The first-order chi connectivity index (χ1) is 40.5. The highest BCUT2D eigenvalue weighted by Crippen LogP contribution is 2.27. The first-order valence-corrected chi connectivity index (χ1v) is 28.9. The molecule has 6 nitrogen and oxygen atoms in total. The number of benzene rings is 6. The molecule has 0 unspecified atom stereocenters. The number of unbranched alkanes of at least 4 members (excludes halogenated alkanes) is 7. The second-order valence-corrected chi connectivity index (χ2v) is 19.6. The van der Waals surface area contributed by atoms with Gasteiger partial charge in [-0.3, -0.25) is 0 Å². The molecule has 18 heteroatoms. The Morgan fingerprint density at radius 3 is 0.576 bits per heavy atom. The quantitative estimate of drug-likeness (QED) is 0.0421. The fraction of sp³-hybridized carbons (Fsp3) is 0.463. The van der Waals surface area contributed by atoms with Crippen LogP contribution in [0.5, 0.6) is 34.5 Å². The highest BCUT2D eigenvalue weighted by Gasteiger charge is 2.16. The standard InChI is InChI=1S/C13H18F2O.C12H16F2O.2C11H14F2O.2C10H12F2O/c1-3-4-5-6-9-16-11-8-7-10(2)12(14)13(11)15;1-3-4-5-8-15-10-7-6-9(2)11(13)12(10)14;2*1-3-4-7-14-9-6-5-8(2)10(12)11(9)13;2*1-3-6-13-8-5-4-7(2)9(11)10(8)12/h7-8H,3-6,9H2,1-2H3;6-7H,3-5,8H2,1-2H3;2*5-6H,3-4,7H2,1-2H3;2*4-5H,3,6H2,1-2H3. The molecular weight excluding hydrogens is 1130 g/mol. The Labute approximate surface area is 496 Å². The number of hydrogen-bond acceptors (Lipinski definition) is 6. The van der Waals surface area contributed by atoms with Crippen molar-refractivity contribution in [3.63, 3.8) is 0 Å². The van der Waals surface area contributed by atoms with Gasteiger partial charge in [0, 0.05) is 0 Å². The lowest BCUT2D eigenvalue weighted by atomic mass is 10.2. The summed E-state index contributed by atoms with van der Waals surface area (Å²) in [7, 11) is 0. The minimum atomic E-state index is -0.895. The van der Waals surface area contributed by atoms with Crippen LogP contribution >= 0.6 is 0 Å². The minimum absolute atomic E-state index is 0.00144. The molecule has 0 aliphatic rings. The van der Waals surface area contributed by atoms with Crippen molar-refractivity contribution in [1.29, 1.82) is 0 Å². The highest BCUT2D eigenvalue weighted by atomic mass is 19.2. The van der Waals surface area contributed by atoms with E-state index in [0.29, 0.717) is 73.0 Å². The SMILES string of the molecule is CCCCCCOc1ccc(C)c(F)c1F.CCCCCOc1ccc(C)c(F)c1F.CCCCOc1ccc(C)c(F)c1F.CCCCOc1ccc(C)c(F)c1F.CCCOc1ccc(C)c(F)c1F.CCCOc1ccc(C)c(F)c1F. The van der Waals surface area contributed by atoms with E-state index in [1.165, 1.54) is 114 Å². The monoisotopic (exact) mass is 1210 g/mol. The van der Waals surface area contributed by atoms with E-state index in [1.54, 1.807) is 0 Å². The third-order valence-electron chi connectivity index (χ3n) is 12.1. The third kappa shape index (κ3) is 27.5. The molecular formula is C67H86F12O6. The van der Waals surface area contributed by atoms with Crippen LogP contribution in [-0.2, 0) is 0 Å². The van der Waals surface area contributed by atoms with Gasteiger partial charge in [0.25, 0.3) is 0 Å². The Morgan fingerprint density at radius 2 is 0.376 bits per heavy atom. The lowest BCUT2D eigenvalue weighted by Crippen LogP contribution is -2.01. The predicted octanol–water partition coefficient (Wildman–Crippen LogP) is 21.1. The van der Waals surface area contributed by atoms with E-state index in [2.05, 4.69) is 13.8 Å². The summed E-state index contributed by atoms with van der Waals surface area (Å²) in [6.45, 7) is 23.7. The first kappa shape index (κ1) is 76.3. The maximum atomic E-state index is 13.3. The molecule has 85 heavy (non-hydrogen) atoms. The van der Waals surface area contributed by atoms with Crippen molar-refractivity contribution in [2.75, 3.05) is 39.6 Å². The molecule has 6 rings (SSSR count). The fourth-order valence-corrected chi connectivity index (χ4v) is 6.76. The van der Waals surface area contributed by atoms with Gasteiger partial charge in [-0.2, -0.15) is 26.3 Å². The Hall–Kier alpha value is -6.72. The Balaban J connectivity index is 0.000000511. The van der Waals surface area contributed by atoms with E-state index < -0.39 is 69.8 Å². The second-order valence-electron chi connectivity index (χ2n) is 19.6. The van der Waals surface area contributed by atoms with E-state index in [0.717, 1.165) is 83.5 Å². The summed E-state index contributed by atoms with van der Waals surface area (Å²) in [4.78, 5) is 0. The number of aryl methyl sites for hydroxylation is 6. The van der Waals surface area contributed by atoms with Crippen molar-refractivity contribution in [2.45, 2.75) is 167 Å². The number of hydrogen-bond donors (Lipinski definition) is 0. The Bertz CT molecular complexity index is 2740. The average molecular weight is 1220 g/mol. The Morgan fingerprint density at radius 1 is 0.200 bits per heavy atom. The maximum Gasteiger partial charge on any atom is 0.200 e. The van der Waals surface area contributed by atoms with Crippen LogP contribution in [0.4, 0.5) is 52.7 Å². The van der Waals surface area contributed by atoms with Crippen LogP contribution in [0.25, 0.3) is 0 Å². The van der Waals surface area contributed by atoms with Gasteiger partial charge >= 0.3 is 0 Å². The number of ether oxygens (including phenoxy) is 6. The van der Waals surface area contributed by atoms with E-state index in [9.17, 15) is 52.7 Å². The first-order valence-electron chi connectivity index (χ1n) is 28.9. The lowest BCUT2D eigenvalue weighted by molar-refractivity contribution is 0.285. The average Bonchev–Trinajstić information content (AvgIpc) is 3.70. The molecule has 0 saturated carbocycles. The summed E-state index contributed by atoms with van der Waals surface area (Å²) >= 11 is 0. The van der Waals surface area contributed by atoms with Gasteiger partial charge < -0.3 is 28.4 Å². The zero-order chi connectivity index (χ0) is 64.0. The summed E-state index contributed by atoms with van der Waals surface area (Å²) in [6, 6.07) is 17.9. The molecule has 0 heterocycles. The summed E-state index contributed by atoms with van der Waals surface area (Å²) in [5.74, 6) is -10.2. The van der Waals surface area contributed by atoms with Crippen LogP contribution in [0.3, 0.4) is 0 Å². The normalized spacial score (nSPS) is 10.3. The van der Waals surface area contributed by atoms with E-state index in [4.69, 9.17) is 28.4 Å². The summed E-state index contributed by atoms with van der Waals surface area (Å²) in [5, 5.41) is 0. The zero-order valence-corrected chi connectivity index (χ0v) is 51.3. The van der Waals surface area contributed by atoms with Gasteiger partial charge in [-0.25, -0.2) is 26.3 Å². The smallest absolute Gasteiger partial charge is 0.200 e. The van der Waals surface area contributed by atoms with E-state index in [-0.39, 0.29) is 34.5 Å². The summed E-state index contributed by atoms with van der Waals surface area (Å²) in [5.41, 5.74) is 1.78. The molecule has 6 aromatic carbocycles. The van der Waals surface area contributed by atoms with Crippen LogP contribution in [0.15, 0.2) is 72.8 Å². The number of rotatable bonds is 25. The van der Waals surface area contributed by atoms with Gasteiger partial charge in [-0.1, -0.05) is 123 Å². The van der Waals surface area contributed by atoms with E-state index in [1.807, 2.05) is 27.7 Å². The molecule has 0 fully saturated rings. The molecule has 0 atom stereocenters. The molecule has 0 aliphatic heterocycles. The van der Waals surface area contributed by atoms with Crippen molar-refractivity contribution >= 4 is 0 Å². The van der Waals surface area contributed by atoms with Crippen LogP contribution in [-0.4, -0.2) is 39.6 Å². The molecule has 0 radical (unpaired) electrons. The summed E-state index contributed by atoms with van der Waals surface area (Å²) < 4.78 is 188. The predicted molar refractivity (Wildman–Crippen MR) is 314 cm³/mol. The van der Waals surface area contributed by atoms with Crippen molar-refractivity contribution in [3.8, 4) is 34.5 Å². The third-order valence-corrected chi connectivity index (χ3v) is 12.1. The minimum Gasteiger partial charge on any atom is -0.490 e. The summed E-state index contributed by atoms with van der Waals surface area (Å²) in [6.07, 6.45) is 12.4. The lowest BCUT2D eigenvalue weighted by Gasteiger charge is -2.08. The van der Waals surface area contributed by atoms with Gasteiger partial charge in [-0.05, 0) is 150 Å². The second kappa shape index (κ2) is 43.0. The van der Waals surface area contributed by atoms with Gasteiger partial charge in [0.1, 0.15) is 0 Å². The van der Waals surface area contributed by atoms with Crippen LogP contribution in [0.1, 0.15) is 158 Å². The maximum absolute atomic E-state index is 13.3. The van der Waals surface area contributed by atoms with Gasteiger partial charge in [0.05, 0.1) is 39.6 Å². The molecule has 0 N–H and O–H groups in total. The van der Waals surface area contributed by atoms with Crippen molar-refractivity contribution in [2.24, 2.45) is 0 Å². The van der Waals surface area contributed by atoms with Crippen molar-refractivity contribution in [1.82, 2.24) is 0 Å². The zero-order valence-electron chi connectivity index (χ0n) is 51.3. The van der Waals surface area contributed by atoms with Crippen LogP contribution in [0.2, 0.25) is 0 Å². The van der Waals surface area contributed by atoms with Gasteiger partial charge in [-0.15, -0.1) is 0 Å². The molecule has 0 aliphatic carbocycles. The molecule has 474 valence electrons. The topological polar surface area (TPSA) is 55.4 Å². The van der Waals surface area contributed by atoms with E-state index >= 15 is 0 Å². The van der Waals surface area contributed by atoms with Gasteiger partial charge in [0.15, 0.2) is 69.4 Å². The molecule has 0 saturated heterocycles. The molecule has 0 aromatic heterocycles. The van der Waals surface area contributed by atoms with Crippen LogP contribution < -0.4 is 28.4 Å². The van der Waals surface area contributed by atoms with Crippen molar-refractivity contribution < 1.29 is 81.1 Å².